The van der Waals surface area contributed by atoms with Gasteiger partial charge in [0, 0.05) is 20.2 Å². The van der Waals surface area contributed by atoms with Crippen molar-refractivity contribution in [2.75, 3.05) is 44.5 Å². The Morgan fingerprint density at radius 3 is 3.06 bits per heavy atom. The molecular formula is C12H20N4O2. The van der Waals surface area contributed by atoms with Gasteiger partial charge in [-0.1, -0.05) is 0 Å². The molecule has 2 N–H and O–H groups in total. The summed E-state index contributed by atoms with van der Waals surface area (Å²) in [5.41, 5.74) is 6.46. The fraction of sp³-hybridized carbons (Fsp3) is 0.667. The first-order valence-electron chi connectivity index (χ1n) is 6.15. The summed E-state index contributed by atoms with van der Waals surface area (Å²) in [7, 11) is 3.53. The maximum absolute atomic E-state index is 5.98. The predicted octanol–water partition coefficient (Wildman–Crippen LogP) is 0.930. The summed E-state index contributed by atoms with van der Waals surface area (Å²) < 4.78 is 10.6. The van der Waals surface area contributed by atoms with Crippen LogP contribution in [-0.2, 0) is 4.74 Å². The second kappa shape index (κ2) is 5.86. The van der Waals surface area contributed by atoms with E-state index >= 15 is 0 Å². The number of rotatable bonds is 4. The quantitative estimate of drug-likeness (QED) is 0.859. The highest BCUT2D eigenvalue weighted by molar-refractivity contribution is 5.67. The maximum atomic E-state index is 5.98. The van der Waals surface area contributed by atoms with E-state index in [9.17, 15) is 0 Å². The molecule has 6 heteroatoms. The molecule has 1 atom stereocenters. The van der Waals surface area contributed by atoms with Crippen LogP contribution in [0.4, 0.5) is 11.5 Å². The second-order valence-corrected chi connectivity index (χ2v) is 4.58. The molecule has 1 fully saturated rings. The number of aromatic nitrogens is 2. The van der Waals surface area contributed by atoms with Crippen LogP contribution in [0.5, 0.6) is 5.88 Å². The van der Waals surface area contributed by atoms with Crippen LogP contribution in [0.1, 0.15) is 12.8 Å². The molecule has 0 bridgehead atoms. The molecule has 1 aromatic rings. The van der Waals surface area contributed by atoms with Crippen molar-refractivity contribution < 1.29 is 9.47 Å². The van der Waals surface area contributed by atoms with Crippen molar-refractivity contribution in [2.45, 2.75) is 12.8 Å². The van der Waals surface area contributed by atoms with Crippen LogP contribution in [-0.4, -0.2) is 43.9 Å². The first-order valence-corrected chi connectivity index (χ1v) is 6.15. The molecule has 0 aliphatic carbocycles. The van der Waals surface area contributed by atoms with Gasteiger partial charge in [0.15, 0.2) is 5.82 Å². The van der Waals surface area contributed by atoms with Crippen LogP contribution >= 0.6 is 0 Å². The number of hydrogen-bond acceptors (Lipinski definition) is 6. The van der Waals surface area contributed by atoms with Crippen LogP contribution in [0.15, 0.2) is 6.33 Å². The number of nitrogen functional groups attached to an aromatic ring is 1. The zero-order chi connectivity index (χ0) is 13.0. The lowest BCUT2D eigenvalue weighted by atomic mass is 10.0. The van der Waals surface area contributed by atoms with Crippen molar-refractivity contribution in [3.63, 3.8) is 0 Å². The van der Waals surface area contributed by atoms with Gasteiger partial charge in [-0.2, -0.15) is 4.98 Å². The Balaban J connectivity index is 2.05. The van der Waals surface area contributed by atoms with Crippen molar-refractivity contribution in [3.05, 3.63) is 6.33 Å². The van der Waals surface area contributed by atoms with Gasteiger partial charge in [-0.3, -0.25) is 0 Å². The molecule has 100 valence electrons. The largest absolute Gasteiger partial charge is 0.479 e. The monoisotopic (exact) mass is 252 g/mol. The molecular weight excluding hydrogens is 232 g/mol. The summed E-state index contributed by atoms with van der Waals surface area (Å²) in [6, 6.07) is 0. The number of hydrogen-bond donors (Lipinski definition) is 1. The summed E-state index contributed by atoms with van der Waals surface area (Å²) >= 11 is 0. The molecule has 1 unspecified atom stereocenters. The summed E-state index contributed by atoms with van der Waals surface area (Å²) in [6.45, 7) is 2.57. The normalized spacial score (nSPS) is 19.6. The minimum atomic E-state index is 0.423. The Hall–Kier alpha value is -1.56. The Morgan fingerprint density at radius 2 is 2.39 bits per heavy atom. The number of anilines is 2. The van der Waals surface area contributed by atoms with E-state index < -0.39 is 0 Å². The number of nitrogens with zero attached hydrogens (tertiary/aromatic N) is 3. The van der Waals surface area contributed by atoms with Crippen LogP contribution in [0.2, 0.25) is 0 Å². The average Bonchev–Trinajstić information content (AvgIpc) is 2.40. The molecule has 0 amide bonds. The maximum Gasteiger partial charge on any atom is 0.242 e. The minimum absolute atomic E-state index is 0.423. The van der Waals surface area contributed by atoms with E-state index in [0.29, 0.717) is 23.3 Å². The highest BCUT2D eigenvalue weighted by atomic mass is 16.5. The molecule has 0 saturated carbocycles. The Morgan fingerprint density at radius 1 is 1.56 bits per heavy atom. The van der Waals surface area contributed by atoms with E-state index in [1.165, 1.54) is 12.7 Å². The van der Waals surface area contributed by atoms with E-state index in [1.807, 2.05) is 11.9 Å². The number of methoxy groups -OCH3 is 1. The van der Waals surface area contributed by atoms with Crippen molar-refractivity contribution in [1.29, 1.82) is 0 Å². The molecule has 1 aliphatic rings. The lowest BCUT2D eigenvalue weighted by molar-refractivity contribution is 0.0576. The standard InChI is InChI=1S/C12H20N4O2/c1-16(6-9-4-3-5-18-7-9)11-10(13)12(17-2)15-8-14-11/h8-9H,3-7,13H2,1-2H3. The zero-order valence-electron chi connectivity index (χ0n) is 10.9. The molecule has 0 spiro atoms. The van der Waals surface area contributed by atoms with E-state index in [2.05, 4.69) is 9.97 Å². The van der Waals surface area contributed by atoms with Crippen LogP contribution < -0.4 is 15.4 Å². The van der Waals surface area contributed by atoms with E-state index in [4.69, 9.17) is 15.2 Å². The molecule has 6 nitrogen and oxygen atoms in total. The van der Waals surface area contributed by atoms with Gasteiger partial charge < -0.3 is 20.1 Å². The highest BCUT2D eigenvalue weighted by Gasteiger charge is 2.19. The number of ether oxygens (including phenoxy) is 2. The summed E-state index contributed by atoms with van der Waals surface area (Å²) in [6.07, 6.45) is 3.78. The lowest BCUT2D eigenvalue weighted by Gasteiger charge is -2.28. The smallest absolute Gasteiger partial charge is 0.242 e. The Bertz CT molecular complexity index is 394. The topological polar surface area (TPSA) is 73.5 Å². The van der Waals surface area contributed by atoms with Crippen molar-refractivity contribution in [2.24, 2.45) is 5.92 Å². The third-order valence-corrected chi connectivity index (χ3v) is 3.17. The molecule has 0 aromatic carbocycles. The van der Waals surface area contributed by atoms with Gasteiger partial charge in [-0.15, -0.1) is 0 Å². The summed E-state index contributed by atoms with van der Waals surface area (Å²) in [4.78, 5) is 10.2. The van der Waals surface area contributed by atoms with Gasteiger partial charge in [-0.25, -0.2) is 4.98 Å². The third kappa shape index (κ3) is 2.81. The first kappa shape index (κ1) is 12.9. The molecule has 18 heavy (non-hydrogen) atoms. The van der Waals surface area contributed by atoms with Crippen LogP contribution in [0.3, 0.4) is 0 Å². The van der Waals surface area contributed by atoms with Gasteiger partial charge in [-0.05, 0) is 18.8 Å². The predicted molar refractivity (Wildman–Crippen MR) is 69.8 cm³/mol. The fourth-order valence-electron chi connectivity index (χ4n) is 2.26. The van der Waals surface area contributed by atoms with Gasteiger partial charge in [0.05, 0.1) is 13.7 Å². The van der Waals surface area contributed by atoms with E-state index in [-0.39, 0.29) is 0 Å². The average molecular weight is 252 g/mol. The Kier molecular flexibility index (Phi) is 4.19. The molecule has 2 heterocycles. The second-order valence-electron chi connectivity index (χ2n) is 4.58. The van der Waals surface area contributed by atoms with Gasteiger partial charge in [0.1, 0.15) is 12.0 Å². The fourth-order valence-corrected chi connectivity index (χ4v) is 2.26. The molecule has 1 aromatic heterocycles. The van der Waals surface area contributed by atoms with E-state index in [1.54, 1.807) is 7.11 Å². The van der Waals surface area contributed by atoms with Gasteiger partial charge in [0.2, 0.25) is 5.88 Å². The van der Waals surface area contributed by atoms with Crippen molar-refractivity contribution in [3.8, 4) is 5.88 Å². The van der Waals surface area contributed by atoms with E-state index in [0.717, 1.165) is 26.2 Å². The van der Waals surface area contributed by atoms with Crippen LogP contribution in [0, 0.1) is 5.92 Å². The Labute approximate surface area is 107 Å². The SMILES string of the molecule is COc1ncnc(N(C)CC2CCCOC2)c1N. The summed E-state index contributed by atoms with van der Waals surface area (Å²) in [5.74, 6) is 1.67. The first-order chi connectivity index (χ1) is 8.72. The third-order valence-electron chi connectivity index (χ3n) is 3.17. The highest BCUT2D eigenvalue weighted by Crippen LogP contribution is 2.27. The van der Waals surface area contributed by atoms with Gasteiger partial charge in [0.25, 0.3) is 0 Å². The summed E-state index contributed by atoms with van der Waals surface area (Å²) in [5, 5.41) is 0. The lowest BCUT2D eigenvalue weighted by Crippen LogP contribution is -2.31. The minimum Gasteiger partial charge on any atom is -0.479 e. The molecule has 0 radical (unpaired) electrons. The number of nitrogens with two attached hydrogens (primary N) is 1. The van der Waals surface area contributed by atoms with Crippen molar-refractivity contribution >= 4 is 11.5 Å². The molecule has 1 saturated heterocycles. The molecule has 1 aliphatic heterocycles. The molecule has 2 rings (SSSR count). The van der Waals surface area contributed by atoms with Crippen LogP contribution in [0.25, 0.3) is 0 Å². The van der Waals surface area contributed by atoms with Crippen molar-refractivity contribution in [1.82, 2.24) is 9.97 Å². The van der Waals surface area contributed by atoms with Gasteiger partial charge >= 0.3 is 0 Å². The zero-order valence-corrected chi connectivity index (χ0v) is 10.9.